The first-order valence-corrected chi connectivity index (χ1v) is 6.73. The average Bonchev–Trinajstić information content (AvgIpc) is 2.83. The van der Waals surface area contributed by atoms with E-state index in [1.165, 1.54) is 31.4 Å². The van der Waals surface area contributed by atoms with E-state index in [1.807, 2.05) is 0 Å². The molecule has 2 atom stereocenters. The topological polar surface area (TPSA) is 29.3 Å². The summed E-state index contributed by atoms with van der Waals surface area (Å²) < 4.78 is 0. The molecule has 0 heterocycles. The number of anilines is 1. The van der Waals surface area contributed by atoms with E-state index in [0.717, 1.165) is 12.5 Å². The molecule has 1 fully saturated rings. The van der Waals surface area contributed by atoms with Crippen LogP contribution in [0.15, 0.2) is 30.3 Å². The van der Waals surface area contributed by atoms with Crippen LogP contribution < -0.4 is 10.6 Å². The van der Waals surface area contributed by atoms with Gasteiger partial charge < -0.3 is 10.6 Å². The Morgan fingerprint density at radius 1 is 1.35 bits per heavy atom. The molecule has 94 valence electrons. The molecule has 0 aliphatic heterocycles. The molecule has 1 aliphatic rings. The Labute approximate surface area is 105 Å². The molecule has 0 radical (unpaired) electrons. The Kier molecular flexibility index (Phi) is 3.72. The van der Waals surface area contributed by atoms with Crippen LogP contribution in [-0.2, 0) is 0 Å². The smallest absolute Gasteiger partial charge is 0.0548 e. The minimum Gasteiger partial charge on any atom is -0.367 e. The first-order chi connectivity index (χ1) is 8.24. The predicted octanol–water partition coefficient (Wildman–Crippen LogP) is 3.03. The molecule has 0 bridgehead atoms. The molecule has 2 N–H and O–H groups in total. The highest BCUT2D eigenvalue weighted by Crippen LogP contribution is 2.42. The summed E-state index contributed by atoms with van der Waals surface area (Å²) in [5, 5.41) is 0. The lowest BCUT2D eigenvalue weighted by atomic mass is 9.83. The van der Waals surface area contributed by atoms with E-state index >= 15 is 0 Å². The van der Waals surface area contributed by atoms with Crippen molar-refractivity contribution < 1.29 is 0 Å². The van der Waals surface area contributed by atoms with Crippen LogP contribution in [0, 0.1) is 5.92 Å². The van der Waals surface area contributed by atoms with Crippen molar-refractivity contribution in [3.05, 3.63) is 30.3 Å². The van der Waals surface area contributed by atoms with Crippen LogP contribution in [0.1, 0.15) is 32.6 Å². The fraction of sp³-hybridized carbons (Fsp3) is 0.600. The maximum absolute atomic E-state index is 6.13. The third-order valence-corrected chi connectivity index (χ3v) is 4.58. The van der Waals surface area contributed by atoms with Gasteiger partial charge in [-0.25, -0.2) is 0 Å². The molecule has 2 unspecified atom stereocenters. The van der Waals surface area contributed by atoms with Crippen molar-refractivity contribution in [2.45, 2.75) is 38.1 Å². The van der Waals surface area contributed by atoms with Crippen LogP contribution in [0.25, 0.3) is 0 Å². The quantitative estimate of drug-likeness (QED) is 0.864. The van der Waals surface area contributed by atoms with Crippen molar-refractivity contribution in [1.82, 2.24) is 0 Å². The van der Waals surface area contributed by atoms with Crippen molar-refractivity contribution in [2.24, 2.45) is 11.7 Å². The molecule has 1 aliphatic carbocycles. The Balaban J connectivity index is 2.29. The number of likely N-dealkylation sites (N-methyl/N-ethyl adjacent to an activating group) is 1. The fourth-order valence-electron chi connectivity index (χ4n) is 3.47. The number of rotatable bonds is 4. The van der Waals surface area contributed by atoms with Gasteiger partial charge in [0.15, 0.2) is 0 Å². The third kappa shape index (κ3) is 2.06. The maximum atomic E-state index is 6.13. The Bertz CT molecular complexity index is 349. The van der Waals surface area contributed by atoms with Crippen molar-refractivity contribution in [2.75, 3.05) is 18.5 Å². The van der Waals surface area contributed by atoms with Gasteiger partial charge in [-0.2, -0.15) is 0 Å². The van der Waals surface area contributed by atoms with Crippen molar-refractivity contribution in [1.29, 1.82) is 0 Å². The van der Waals surface area contributed by atoms with E-state index in [-0.39, 0.29) is 5.54 Å². The van der Waals surface area contributed by atoms with E-state index < -0.39 is 0 Å². The SMILES string of the molecule is CCC1CCCC1(CN)N(C)c1ccccc1. The van der Waals surface area contributed by atoms with E-state index in [0.29, 0.717) is 0 Å². The van der Waals surface area contributed by atoms with Crippen molar-refractivity contribution >= 4 is 5.69 Å². The Morgan fingerprint density at radius 2 is 2.06 bits per heavy atom. The van der Waals surface area contributed by atoms with Crippen LogP contribution in [-0.4, -0.2) is 19.1 Å². The molecule has 0 aromatic heterocycles. The molecule has 1 aromatic rings. The number of benzene rings is 1. The highest BCUT2D eigenvalue weighted by Gasteiger charge is 2.43. The number of hydrogen-bond donors (Lipinski definition) is 1. The summed E-state index contributed by atoms with van der Waals surface area (Å²) in [6.45, 7) is 3.05. The highest BCUT2D eigenvalue weighted by molar-refractivity contribution is 5.49. The summed E-state index contributed by atoms with van der Waals surface area (Å²) >= 11 is 0. The van der Waals surface area contributed by atoms with Gasteiger partial charge in [-0.15, -0.1) is 0 Å². The van der Waals surface area contributed by atoms with Gasteiger partial charge in [-0.1, -0.05) is 38.0 Å². The van der Waals surface area contributed by atoms with Crippen LogP contribution in [0.2, 0.25) is 0 Å². The van der Waals surface area contributed by atoms with Gasteiger partial charge in [-0.05, 0) is 30.9 Å². The second-order valence-electron chi connectivity index (χ2n) is 5.20. The molecule has 0 amide bonds. The molecular formula is C15H24N2. The molecule has 1 aromatic carbocycles. The standard InChI is InChI=1S/C15H24N2/c1-3-13-8-7-11-15(13,12-16)17(2)14-9-5-4-6-10-14/h4-6,9-10,13H,3,7-8,11-12,16H2,1-2H3. The van der Waals surface area contributed by atoms with Gasteiger partial charge in [0.25, 0.3) is 0 Å². The summed E-state index contributed by atoms with van der Waals surface area (Å²) in [5.41, 5.74) is 7.60. The van der Waals surface area contributed by atoms with Crippen LogP contribution in [0.4, 0.5) is 5.69 Å². The lowest BCUT2D eigenvalue weighted by Gasteiger charge is -2.44. The normalized spacial score (nSPS) is 28.3. The number of para-hydroxylation sites is 1. The Hall–Kier alpha value is -1.02. The summed E-state index contributed by atoms with van der Waals surface area (Å²) in [5.74, 6) is 0.734. The number of hydrogen-bond acceptors (Lipinski definition) is 2. The zero-order valence-corrected chi connectivity index (χ0v) is 11.0. The second kappa shape index (κ2) is 5.09. The van der Waals surface area contributed by atoms with Gasteiger partial charge in [0.2, 0.25) is 0 Å². The van der Waals surface area contributed by atoms with Crippen molar-refractivity contribution in [3.8, 4) is 0 Å². The molecule has 2 nitrogen and oxygen atoms in total. The van der Waals surface area contributed by atoms with Gasteiger partial charge in [0.1, 0.15) is 0 Å². The van der Waals surface area contributed by atoms with Crippen LogP contribution in [0.3, 0.4) is 0 Å². The first kappa shape index (κ1) is 12.4. The second-order valence-corrected chi connectivity index (χ2v) is 5.20. The van der Waals surface area contributed by atoms with E-state index in [9.17, 15) is 0 Å². The molecule has 2 heteroatoms. The van der Waals surface area contributed by atoms with Gasteiger partial charge >= 0.3 is 0 Å². The van der Waals surface area contributed by atoms with E-state index in [4.69, 9.17) is 5.73 Å². The summed E-state index contributed by atoms with van der Waals surface area (Å²) in [4.78, 5) is 2.42. The van der Waals surface area contributed by atoms with Gasteiger partial charge in [0.05, 0.1) is 5.54 Å². The lowest BCUT2D eigenvalue weighted by Crippen LogP contribution is -2.54. The molecule has 0 spiro atoms. The minimum atomic E-state index is 0.177. The van der Waals surface area contributed by atoms with Crippen LogP contribution in [0.5, 0.6) is 0 Å². The maximum Gasteiger partial charge on any atom is 0.0548 e. The molecule has 2 rings (SSSR count). The number of nitrogens with two attached hydrogens (primary N) is 1. The average molecular weight is 232 g/mol. The molecule has 17 heavy (non-hydrogen) atoms. The third-order valence-electron chi connectivity index (χ3n) is 4.58. The lowest BCUT2D eigenvalue weighted by molar-refractivity contribution is 0.303. The van der Waals surface area contributed by atoms with Crippen LogP contribution >= 0.6 is 0 Å². The molecular weight excluding hydrogens is 208 g/mol. The van der Waals surface area contributed by atoms with Crippen molar-refractivity contribution in [3.63, 3.8) is 0 Å². The summed E-state index contributed by atoms with van der Waals surface area (Å²) in [6, 6.07) is 10.6. The zero-order chi connectivity index (χ0) is 12.3. The predicted molar refractivity (Wildman–Crippen MR) is 74.3 cm³/mol. The largest absolute Gasteiger partial charge is 0.367 e. The highest BCUT2D eigenvalue weighted by atomic mass is 15.2. The van der Waals surface area contributed by atoms with Gasteiger partial charge in [0, 0.05) is 19.3 Å². The van der Waals surface area contributed by atoms with E-state index in [2.05, 4.69) is 49.2 Å². The van der Waals surface area contributed by atoms with Gasteiger partial charge in [-0.3, -0.25) is 0 Å². The monoisotopic (exact) mass is 232 g/mol. The summed E-state index contributed by atoms with van der Waals surface area (Å²) in [7, 11) is 2.20. The number of nitrogens with zero attached hydrogens (tertiary/aromatic N) is 1. The Morgan fingerprint density at radius 3 is 2.65 bits per heavy atom. The minimum absolute atomic E-state index is 0.177. The van der Waals surface area contributed by atoms with E-state index in [1.54, 1.807) is 0 Å². The first-order valence-electron chi connectivity index (χ1n) is 6.73. The zero-order valence-electron chi connectivity index (χ0n) is 11.0. The summed E-state index contributed by atoms with van der Waals surface area (Å²) in [6.07, 6.45) is 5.10. The fourth-order valence-corrected chi connectivity index (χ4v) is 3.47. The molecule has 1 saturated carbocycles. The molecule has 0 saturated heterocycles.